The maximum Gasteiger partial charge on any atom is 0.348 e. The van der Waals surface area contributed by atoms with E-state index in [1.807, 2.05) is 0 Å². The van der Waals surface area contributed by atoms with Crippen LogP contribution in [0.3, 0.4) is 0 Å². The number of esters is 1. The molecule has 1 aliphatic rings. The Bertz CT molecular complexity index is 412. The van der Waals surface area contributed by atoms with E-state index >= 15 is 0 Å². The largest absolute Gasteiger partial charge is 0.464 e. The van der Waals surface area contributed by atoms with Crippen molar-refractivity contribution in [3.05, 3.63) is 29.9 Å². The zero-order valence-electron chi connectivity index (χ0n) is 8.87. The molecule has 0 unspecified atom stereocenters. The molecule has 1 aromatic heterocycles. The number of hydrogen-bond acceptors (Lipinski definition) is 4. The van der Waals surface area contributed by atoms with Crippen LogP contribution in [0.15, 0.2) is 28.6 Å². The third kappa shape index (κ3) is 1.75. The third-order valence-corrected chi connectivity index (χ3v) is 2.06. The van der Waals surface area contributed by atoms with Gasteiger partial charge < -0.3 is 13.9 Å². The van der Waals surface area contributed by atoms with Crippen molar-refractivity contribution in [1.82, 2.24) is 0 Å². The van der Waals surface area contributed by atoms with Crippen LogP contribution in [0.4, 0.5) is 0 Å². The molecule has 4 nitrogen and oxygen atoms in total. The lowest BCUT2D eigenvalue weighted by atomic mass is 10.1. The normalized spacial score (nSPS) is 19.8. The van der Waals surface area contributed by atoms with Crippen LogP contribution in [-0.4, -0.2) is 11.8 Å². The molecule has 0 saturated carbocycles. The number of carbonyl (C=O) groups excluding carboxylic acids is 1. The summed E-state index contributed by atoms with van der Waals surface area (Å²) in [6, 6.07) is 3.41. The quantitative estimate of drug-likeness (QED) is 0.664. The van der Waals surface area contributed by atoms with E-state index < -0.39 is 11.8 Å². The lowest BCUT2D eigenvalue weighted by molar-refractivity contribution is -0.202. The van der Waals surface area contributed by atoms with E-state index in [1.165, 1.54) is 6.26 Å². The highest BCUT2D eigenvalue weighted by Gasteiger charge is 2.35. The van der Waals surface area contributed by atoms with Gasteiger partial charge in [0.05, 0.1) is 6.26 Å². The fraction of sp³-hybridized carbons (Fsp3) is 0.364. The van der Waals surface area contributed by atoms with Crippen molar-refractivity contribution in [1.29, 1.82) is 0 Å². The summed E-state index contributed by atoms with van der Waals surface area (Å²) in [6.07, 6.45) is 1.50. The van der Waals surface area contributed by atoms with Gasteiger partial charge in [0.2, 0.25) is 5.79 Å². The summed E-state index contributed by atoms with van der Waals surface area (Å²) < 4.78 is 15.7. The highest BCUT2D eigenvalue weighted by molar-refractivity contribution is 6.16. The second-order valence-electron chi connectivity index (χ2n) is 3.80. The Kier molecular flexibility index (Phi) is 2.07. The number of cyclic esters (lactones) is 1. The standard InChI is InChI=1S/C11H12O4/c1-7-9(8-5-4-6-13-8)10(12)15-11(2,3)14-7/h4-6H,1-3H3. The fourth-order valence-corrected chi connectivity index (χ4v) is 1.55. The Morgan fingerprint density at radius 3 is 2.53 bits per heavy atom. The van der Waals surface area contributed by atoms with E-state index in [4.69, 9.17) is 13.9 Å². The number of hydrogen-bond donors (Lipinski definition) is 0. The zero-order valence-corrected chi connectivity index (χ0v) is 8.87. The molecule has 0 spiro atoms. The first-order valence-electron chi connectivity index (χ1n) is 4.67. The molecule has 0 aliphatic carbocycles. The van der Waals surface area contributed by atoms with Gasteiger partial charge in [0.25, 0.3) is 0 Å². The molecule has 4 heteroatoms. The minimum absolute atomic E-state index is 0.347. The Hall–Kier alpha value is -1.71. The van der Waals surface area contributed by atoms with Gasteiger partial charge >= 0.3 is 5.97 Å². The molecule has 0 fully saturated rings. The van der Waals surface area contributed by atoms with Crippen molar-refractivity contribution in [2.45, 2.75) is 26.6 Å². The predicted molar refractivity (Wildman–Crippen MR) is 52.6 cm³/mol. The summed E-state index contributed by atoms with van der Waals surface area (Å²) in [4.78, 5) is 11.7. The second kappa shape index (κ2) is 3.15. The fourth-order valence-electron chi connectivity index (χ4n) is 1.55. The van der Waals surface area contributed by atoms with Crippen LogP contribution < -0.4 is 0 Å². The van der Waals surface area contributed by atoms with E-state index in [0.717, 1.165) is 0 Å². The van der Waals surface area contributed by atoms with E-state index in [1.54, 1.807) is 32.9 Å². The molecule has 0 bridgehead atoms. The average molecular weight is 208 g/mol. The smallest absolute Gasteiger partial charge is 0.348 e. The summed E-state index contributed by atoms with van der Waals surface area (Å²) in [5.41, 5.74) is 0.347. The van der Waals surface area contributed by atoms with Gasteiger partial charge in [-0.2, -0.15) is 0 Å². The minimum Gasteiger partial charge on any atom is -0.464 e. The molecular formula is C11H12O4. The van der Waals surface area contributed by atoms with Gasteiger partial charge in [0.15, 0.2) is 0 Å². The Labute approximate surface area is 87.5 Å². The zero-order chi connectivity index (χ0) is 11.1. The van der Waals surface area contributed by atoms with Gasteiger partial charge in [-0.05, 0) is 19.1 Å². The van der Waals surface area contributed by atoms with Crippen LogP contribution in [0.5, 0.6) is 0 Å². The van der Waals surface area contributed by atoms with Gasteiger partial charge in [-0.3, -0.25) is 0 Å². The molecule has 0 amide bonds. The van der Waals surface area contributed by atoms with Crippen LogP contribution in [0, 0.1) is 0 Å². The highest BCUT2D eigenvalue weighted by atomic mass is 16.7. The Morgan fingerprint density at radius 1 is 1.27 bits per heavy atom. The molecular weight excluding hydrogens is 196 g/mol. The van der Waals surface area contributed by atoms with Crippen molar-refractivity contribution < 1.29 is 18.7 Å². The first kappa shape index (κ1) is 9.83. The summed E-state index contributed by atoms with van der Waals surface area (Å²) in [5, 5.41) is 0. The van der Waals surface area contributed by atoms with Crippen LogP contribution in [-0.2, 0) is 14.3 Å². The Balaban J connectivity index is 2.44. The van der Waals surface area contributed by atoms with Gasteiger partial charge in [0, 0.05) is 13.8 Å². The van der Waals surface area contributed by atoms with Crippen molar-refractivity contribution in [3.8, 4) is 0 Å². The molecule has 1 aliphatic heterocycles. The Morgan fingerprint density at radius 2 is 2.00 bits per heavy atom. The molecule has 0 aromatic carbocycles. The monoisotopic (exact) mass is 208 g/mol. The average Bonchev–Trinajstić information content (AvgIpc) is 2.52. The van der Waals surface area contributed by atoms with Crippen molar-refractivity contribution in [2.24, 2.45) is 0 Å². The van der Waals surface area contributed by atoms with Crippen LogP contribution >= 0.6 is 0 Å². The molecule has 2 rings (SSSR count). The first-order valence-corrected chi connectivity index (χ1v) is 4.67. The second-order valence-corrected chi connectivity index (χ2v) is 3.80. The van der Waals surface area contributed by atoms with Gasteiger partial charge in [-0.1, -0.05) is 0 Å². The van der Waals surface area contributed by atoms with Gasteiger partial charge in [-0.25, -0.2) is 4.79 Å². The molecule has 0 atom stereocenters. The number of allylic oxidation sites excluding steroid dienone is 1. The number of ether oxygens (including phenoxy) is 2. The molecule has 0 saturated heterocycles. The number of rotatable bonds is 1. The summed E-state index contributed by atoms with van der Waals surface area (Å²) in [7, 11) is 0. The third-order valence-electron chi connectivity index (χ3n) is 2.06. The molecule has 0 N–H and O–H groups in total. The molecule has 0 radical (unpaired) electrons. The van der Waals surface area contributed by atoms with Gasteiger partial charge in [-0.15, -0.1) is 0 Å². The van der Waals surface area contributed by atoms with Crippen LogP contribution in [0.25, 0.3) is 5.57 Å². The van der Waals surface area contributed by atoms with Crippen molar-refractivity contribution >= 4 is 11.5 Å². The van der Waals surface area contributed by atoms with Crippen molar-refractivity contribution in [3.63, 3.8) is 0 Å². The van der Waals surface area contributed by atoms with Crippen LogP contribution in [0.1, 0.15) is 26.5 Å². The number of carbonyl (C=O) groups is 1. The summed E-state index contributed by atoms with van der Waals surface area (Å²) in [6.45, 7) is 5.10. The molecule has 1 aromatic rings. The lowest BCUT2D eigenvalue weighted by Crippen LogP contribution is -2.35. The van der Waals surface area contributed by atoms with Crippen LogP contribution in [0.2, 0.25) is 0 Å². The summed E-state index contributed by atoms with van der Waals surface area (Å²) in [5.74, 6) is -0.338. The van der Waals surface area contributed by atoms with Gasteiger partial charge in [0.1, 0.15) is 17.1 Å². The lowest BCUT2D eigenvalue weighted by Gasteiger charge is -2.31. The van der Waals surface area contributed by atoms with E-state index in [-0.39, 0.29) is 0 Å². The van der Waals surface area contributed by atoms with E-state index in [9.17, 15) is 4.79 Å². The first-order chi connectivity index (χ1) is 6.99. The van der Waals surface area contributed by atoms with Crippen molar-refractivity contribution in [2.75, 3.05) is 0 Å². The highest BCUT2D eigenvalue weighted by Crippen LogP contribution is 2.31. The topological polar surface area (TPSA) is 48.7 Å². The van der Waals surface area contributed by atoms with E-state index in [2.05, 4.69) is 0 Å². The summed E-state index contributed by atoms with van der Waals surface area (Å²) >= 11 is 0. The maximum absolute atomic E-state index is 11.7. The number of furan rings is 1. The predicted octanol–water partition coefficient (Wildman–Crippen LogP) is 2.32. The maximum atomic E-state index is 11.7. The molecule has 15 heavy (non-hydrogen) atoms. The molecule has 80 valence electrons. The van der Waals surface area contributed by atoms with E-state index in [0.29, 0.717) is 17.1 Å². The SMILES string of the molecule is CC1=C(c2ccco2)C(=O)OC(C)(C)O1. The molecule has 2 heterocycles. The minimum atomic E-state index is -0.905.